The Hall–Kier alpha value is -1.05. The van der Waals surface area contributed by atoms with E-state index in [2.05, 4.69) is 15.7 Å². The Balaban J connectivity index is 2.05. The van der Waals surface area contributed by atoms with Crippen LogP contribution in [0.2, 0.25) is 0 Å². The highest BCUT2D eigenvalue weighted by Crippen LogP contribution is 2.45. The van der Waals surface area contributed by atoms with Crippen molar-refractivity contribution in [3.8, 4) is 0 Å². The molecule has 12 heavy (non-hydrogen) atoms. The molecule has 2 aliphatic rings. The molecule has 2 aliphatic carbocycles. The van der Waals surface area contributed by atoms with Crippen molar-refractivity contribution in [3.05, 3.63) is 24.3 Å². The van der Waals surface area contributed by atoms with Gasteiger partial charge in [-0.25, -0.2) is 4.98 Å². The van der Waals surface area contributed by atoms with Gasteiger partial charge in [-0.2, -0.15) is 0 Å². The minimum absolute atomic E-state index is 0.956. The van der Waals surface area contributed by atoms with Crippen LogP contribution < -0.4 is 0 Å². The van der Waals surface area contributed by atoms with Crippen LogP contribution in [-0.2, 0) is 0 Å². The second kappa shape index (κ2) is 2.22. The summed E-state index contributed by atoms with van der Waals surface area (Å²) in [5.74, 6) is 0.956. The van der Waals surface area contributed by atoms with Crippen LogP contribution in [0.1, 0.15) is 25.7 Å². The van der Waals surface area contributed by atoms with Crippen molar-refractivity contribution in [3.63, 3.8) is 0 Å². The van der Waals surface area contributed by atoms with Gasteiger partial charge >= 0.3 is 0 Å². The molecular formula is C10H12N2. The first kappa shape index (κ1) is 6.46. The molecular weight excluding hydrogens is 148 g/mol. The number of hydrogen-bond acceptors (Lipinski definition) is 1. The van der Waals surface area contributed by atoms with E-state index in [1.165, 1.54) is 31.4 Å². The normalized spacial score (nSPS) is 27.2. The fraction of sp³-hybridized carbons (Fsp3) is 0.500. The number of hydrogen-bond donors (Lipinski definition) is 0. The van der Waals surface area contributed by atoms with Gasteiger partial charge in [-0.05, 0) is 31.6 Å². The van der Waals surface area contributed by atoms with Gasteiger partial charge < -0.3 is 4.57 Å². The Bertz CT molecular complexity index is 322. The van der Waals surface area contributed by atoms with Crippen molar-refractivity contribution >= 4 is 5.70 Å². The number of rotatable bonds is 1. The second-order valence-corrected chi connectivity index (χ2v) is 3.83. The maximum atomic E-state index is 4.08. The van der Waals surface area contributed by atoms with Crippen LogP contribution in [0.15, 0.2) is 24.3 Å². The molecule has 1 unspecified atom stereocenters. The molecule has 0 aromatic carbocycles. The van der Waals surface area contributed by atoms with Crippen molar-refractivity contribution in [1.29, 1.82) is 0 Å². The number of imidazole rings is 1. The molecule has 1 heterocycles. The summed E-state index contributed by atoms with van der Waals surface area (Å²) in [5, 5.41) is 0. The first-order valence-electron chi connectivity index (χ1n) is 4.63. The third kappa shape index (κ3) is 0.779. The van der Waals surface area contributed by atoms with E-state index in [0.29, 0.717) is 0 Å². The minimum Gasteiger partial charge on any atom is -0.310 e. The van der Waals surface area contributed by atoms with Gasteiger partial charge in [0.25, 0.3) is 0 Å². The molecule has 0 saturated heterocycles. The molecule has 2 heteroatoms. The van der Waals surface area contributed by atoms with Gasteiger partial charge in [-0.3, -0.25) is 0 Å². The lowest BCUT2D eigenvalue weighted by Gasteiger charge is -2.11. The van der Waals surface area contributed by atoms with E-state index in [9.17, 15) is 0 Å². The lowest BCUT2D eigenvalue weighted by Crippen LogP contribution is -1.99. The van der Waals surface area contributed by atoms with Crippen molar-refractivity contribution in [2.45, 2.75) is 25.7 Å². The summed E-state index contributed by atoms with van der Waals surface area (Å²) >= 11 is 0. The summed E-state index contributed by atoms with van der Waals surface area (Å²) in [6.45, 7) is 0. The van der Waals surface area contributed by atoms with Crippen LogP contribution in [0.25, 0.3) is 5.70 Å². The van der Waals surface area contributed by atoms with E-state index in [1.54, 1.807) is 5.57 Å². The van der Waals surface area contributed by atoms with Crippen LogP contribution in [0.3, 0.4) is 0 Å². The Morgan fingerprint density at radius 3 is 3.00 bits per heavy atom. The minimum atomic E-state index is 0.956. The van der Waals surface area contributed by atoms with Gasteiger partial charge in [0.15, 0.2) is 0 Å². The SMILES string of the molecule is c1cn(C2=C3CCC(C3)C2)cn1. The number of allylic oxidation sites excluding steroid dienone is 2. The van der Waals surface area contributed by atoms with E-state index >= 15 is 0 Å². The smallest absolute Gasteiger partial charge is 0.0989 e. The van der Waals surface area contributed by atoms with E-state index in [0.717, 1.165) is 5.92 Å². The topological polar surface area (TPSA) is 17.8 Å². The van der Waals surface area contributed by atoms with Gasteiger partial charge in [-0.1, -0.05) is 5.57 Å². The monoisotopic (exact) mass is 160 g/mol. The average Bonchev–Trinajstić information content (AvgIpc) is 2.81. The first-order valence-corrected chi connectivity index (χ1v) is 4.63. The molecule has 3 rings (SSSR count). The van der Waals surface area contributed by atoms with Gasteiger partial charge in [0.2, 0.25) is 0 Å². The van der Waals surface area contributed by atoms with Crippen molar-refractivity contribution in [1.82, 2.24) is 9.55 Å². The molecule has 0 radical (unpaired) electrons. The maximum Gasteiger partial charge on any atom is 0.0989 e. The predicted molar refractivity (Wildman–Crippen MR) is 47.4 cm³/mol. The van der Waals surface area contributed by atoms with Gasteiger partial charge in [0.1, 0.15) is 0 Å². The molecule has 1 aromatic rings. The number of aromatic nitrogens is 2. The lowest BCUT2D eigenvalue weighted by atomic mass is 10.0. The molecule has 0 N–H and O–H groups in total. The molecule has 1 fully saturated rings. The van der Waals surface area contributed by atoms with Crippen molar-refractivity contribution in [2.24, 2.45) is 5.92 Å². The van der Waals surface area contributed by atoms with Gasteiger partial charge in [-0.15, -0.1) is 0 Å². The highest BCUT2D eigenvalue weighted by atomic mass is 15.0. The maximum absolute atomic E-state index is 4.08. The summed E-state index contributed by atoms with van der Waals surface area (Å²) in [4.78, 5) is 4.08. The van der Waals surface area contributed by atoms with E-state index in [1.807, 2.05) is 12.5 Å². The van der Waals surface area contributed by atoms with Crippen LogP contribution >= 0.6 is 0 Å². The Kier molecular flexibility index (Phi) is 1.20. The molecule has 0 amide bonds. The third-order valence-corrected chi connectivity index (χ3v) is 3.10. The van der Waals surface area contributed by atoms with Gasteiger partial charge in [0.05, 0.1) is 6.33 Å². The molecule has 62 valence electrons. The second-order valence-electron chi connectivity index (χ2n) is 3.83. The Labute approximate surface area is 71.9 Å². The zero-order valence-electron chi connectivity index (χ0n) is 7.03. The first-order chi connectivity index (χ1) is 5.93. The summed E-state index contributed by atoms with van der Waals surface area (Å²) in [7, 11) is 0. The highest BCUT2D eigenvalue weighted by Gasteiger charge is 2.30. The van der Waals surface area contributed by atoms with Crippen LogP contribution in [0, 0.1) is 5.92 Å². The van der Waals surface area contributed by atoms with E-state index in [-0.39, 0.29) is 0 Å². The Morgan fingerprint density at radius 1 is 1.42 bits per heavy atom. The lowest BCUT2D eigenvalue weighted by molar-refractivity contribution is 0.574. The van der Waals surface area contributed by atoms with Crippen molar-refractivity contribution < 1.29 is 0 Å². The molecule has 2 nitrogen and oxygen atoms in total. The standard InChI is InChI=1S/C10H12N2/c1-2-9-5-8(1)6-10(9)12-4-3-11-7-12/h3-4,7-8H,1-2,5-6H2. The highest BCUT2D eigenvalue weighted by molar-refractivity contribution is 5.56. The molecule has 0 aliphatic heterocycles. The third-order valence-electron chi connectivity index (χ3n) is 3.10. The molecule has 2 bridgehead atoms. The fourth-order valence-corrected chi connectivity index (χ4v) is 2.49. The Morgan fingerprint density at radius 2 is 2.42 bits per heavy atom. The quantitative estimate of drug-likeness (QED) is 0.616. The zero-order chi connectivity index (χ0) is 7.97. The van der Waals surface area contributed by atoms with Crippen molar-refractivity contribution in [2.75, 3.05) is 0 Å². The van der Waals surface area contributed by atoms with E-state index in [4.69, 9.17) is 0 Å². The molecule has 1 atom stereocenters. The largest absolute Gasteiger partial charge is 0.310 e. The molecule has 1 saturated carbocycles. The summed E-state index contributed by atoms with van der Waals surface area (Å²) in [5.41, 5.74) is 3.21. The van der Waals surface area contributed by atoms with Crippen LogP contribution in [0.4, 0.5) is 0 Å². The van der Waals surface area contributed by atoms with Crippen LogP contribution in [-0.4, -0.2) is 9.55 Å². The predicted octanol–water partition coefficient (Wildman–Crippen LogP) is 2.30. The number of fused-ring (bicyclic) bond motifs is 2. The summed E-state index contributed by atoms with van der Waals surface area (Å²) in [6.07, 6.45) is 11.2. The van der Waals surface area contributed by atoms with Crippen LogP contribution in [0.5, 0.6) is 0 Å². The molecule has 0 spiro atoms. The zero-order valence-corrected chi connectivity index (χ0v) is 7.03. The fourth-order valence-electron chi connectivity index (χ4n) is 2.49. The summed E-state index contributed by atoms with van der Waals surface area (Å²) < 4.78 is 2.19. The van der Waals surface area contributed by atoms with Gasteiger partial charge in [0, 0.05) is 18.1 Å². The molecule has 1 aromatic heterocycles. The summed E-state index contributed by atoms with van der Waals surface area (Å²) in [6, 6.07) is 0. The average molecular weight is 160 g/mol. The van der Waals surface area contributed by atoms with E-state index < -0.39 is 0 Å². The number of nitrogens with zero attached hydrogens (tertiary/aromatic N) is 2.